The molecular formula is C28H37FN6O13P-. The molecule has 3 aromatic rings. The van der Waals surface area contributed by atoms with E-state index in [0.717, 1.165) is 33.7 Å². The van der Waals surface area contributed by atoms with Crippen molar-refractivity contribution >= 4 is 7.82 Å². The Labute approximate surface area is 276 Å². The third-order valence-electron chi connectivity index (χ3n) is 7.77. The smallest absolute Gasteiger partial charge is 0.330 e. The van der Waals surface area contributed by atoms with Crippen LogP contribution < -0.4 is 27.4 Å². The minimum Gasteiger partial charge on any atom is -0.756 e. The van der Waals surface area contributed by atoms with Crippen molar-refractivity contribution in [1.29, 1.82) is 0 Å². The first-order valence-corrected chi connectivity index (χ1v) is 16.8. The molecule has 2 fully saturated rings. The van der Waals surface area contributed by atoms with Crippen LogP contribution in [-0.4, -0.2) is 85.8 Å². The lowest BCUT2D eigenvalue weighted by Crippen LogP contribution is -2.40. The summed E-state index contributed by atoms with van der Waals surface area (Å²) in [6, 6.07) is 2.15. The first-order valence-electron chi connectivity index (χ1n) is 15.4. The van der Waals surface area contributed by atoms with E-state index >= 15 is 4.39 Å². The van der Waals surface area contributed by atoms with Gasteiger partial charge in [-0.2, -0.15) is 4.98 Å². The van der Waals surface area contributed by atoms with Gasteiger partial charge in [0.2, 0.25) is 5.89 Å². The van der Waals surface area contributed by atoms with Gasteiger partial charge in [0.15, 0.2) is 24.5 Å². The molecule has 3 aromatic heterocycles. The van der Waals surface area contributed by atoms with Crippen molar-refractivity contribution < 1.29 is 46.4 Å². The normalized spacial score (nSPS) is 28.4. The van der Waals surface area contributed by atoms with Gasteiger partial charge in [-0.3, -0.25) is 33.3 Å². The second-order valence-electron chi connectivity index (χ2n) is 12.0. The molecule has 0 amide bonds. The maximum Gasteiger partial charge on any atom is 0.330 e. The number of phosphoric acid groups is 1. The number of ether oxygens (including phenoxy) is 4. The molecule has 9 atom stereocenters. The fraction of sp³-hybridized carbons (Fsp3) is 0.643. The Bertz CT molecular complexity index is 1870. The van der Waals surface area contributed by atoms with Crippen molar-refractivity contribution in [3.63, 3.8) is 0 Å². The minimum absolute atomic E-state index is 0.0138. The zero-order valence-electron chi connectivity index (χ0n) is 27.1. The van der Waals surface area contributed by atoms with Crippen molar-refractivity contribution in [2.75, 3.05) is 13.7 Å². The first kappa shape index (κ1) is 36.7. The largest absolute Gasteiger partial charge is 0.756 e. The van der Waals surface area contributed by atoms with Crippen LogP contribution in [0.5, 0.6) is 0 Å². The Kier molecular flexibility index (Phi) is 11.3. The number of rotatable bonds is 14. The predicted molar refractivity (Wildman–Crippen MR) is 161 cm³/mol. The lowest BCUT2D eigenvalue weighted by atomic mass is 9.95. The average Bonchev–Trinajstić information content (AvgIpc) is 3.67. The number of methoxy groups -OCH3 is 1. The van der Waals surface area contributed by atoms with Crippen LogP contribution in [0, 0.1) is 5.92 Å². The van der Waals surface area contributed by atoms with Gasteiger partial charge in [0.1, 0.15) is 12.2 Å². The van der Waals surface area contributed by atoms with E-state index in [-0.39, 0.29) is 37.3 Å². The molecule has 2 N–H and O–H groups in total. The highest BCUT2D eigenvalue weighted by Gasteiger charge is 2.50. The van der Waals surface area contributed by atoms with Gasteiger partial charge >= 0.3 is 11.4 Å². The summed E-state index contributed by atoms with van der Waals surface area (Å²) >= 11 is 0. The van der Waals surface area contributed by atoms with E-state index in [1.165, 1.54) is 21.0 Å². The van der Waals surface area contributed by atoms with Gasteiger partial charge in [-0.25, -0.2) is 14.0 Å². The van der Waals surface area contributed by atoms with E-state index in [0.29, 0.717) is 0 Å². The Hall–Kier alpha value is -3.62. The van der Waals surface area contributed by atoms with Gasteiger partial charge in [-0.1, -0.05) is 5.16 Å². The van der Waals surface area contributed by atoms with Crippen LogP contribution in [0.1, 0.15) is 51.9 Å². The molecule has 1 unspecified atom stereocenters. The van der Waals surface area contributed by atoms with Crippen molar-refractivity contribution in [3.8, 4) is 0 Å². The summed E-state index contributed by atoms with van der Waals surface area (Å²) < 4.78 is 69.6. The van der Waals surface area contributed by atoms with Crippen LogP contribution >= 0.6 is 7.82 Å². The Morgan fingerprint density at radius 3 is 2.12 bits per heavy atom. The lowest BCUT2D eigenvalue weighted by molar-refractivity contribution is -0.236. The van der Waals surface area contributed by atoms with E-state index in [9.17, 15) is 28.6 Å². The molecule has 49 heavy (non-hydrogen) atoms. The molecular weight excluding hydrogens is 678 g/mol. The van der Waals surface area contributed by atoms with Gasteiger partial charge in [0, 0.05) is 50.4 Å². The Balaban J connectivity index is 1.39. The molecule has 5 rings (SSSR count). The third kappa shape index (κ3) is 8.58. The zero-order chi connectivity index (χ0) is 35.6. The van der Waals surface area contributed by atoms with Gasteiger partial charge in [-0.15, -0.1) is 0 Å². The van der Waals surface area contributed by atoms with Crippen LogP contribution in [0.4, 0.5) is 4.39 Å². The van der Waals surface area contributed by atoms with Crippen molar-refractivity contribution in [1.82, 2.24) is 29.2 Å². The number of nitrogens with one attached hydrogen (secondary N) is 2. The summed E-state index contributed by atoms with van der Waals surface area (Å²) in [6.07, 6.45) is -8.02. The molecule has 0 radical (unpaired) electrons. The number of aromatic nitrogens is 6. The van der Waals surface area contributed by atoms with Crippen molar-refractivity contribution in [2.45, 2.75) is 95.8 Å². The Morgan fingerprint density at radius 1 is 0.939 bits per heavy atom. The number of hydrogen-bond acceptors (Lipinski definition) is 15. The van der Waals surface area contributed by atoms with E-state index in [4.69, 9.17) is 32.5 Å². The second-order valence-corrected chi connectivity index (χ2v) is 13.4. The van der Waals surface area contributed by atoms with Crippen LogP contribution in [-0.2, 0) is 45.4 Å². The molecule has 0 aromatic carbocycles. The van der Waals surface area contributed by atoms with Gasteiger partial charge in [0.05, 0.1) is 31.0 Å². The number of H-pyrrole nitrogens is 2. The molecule has 2 saturated heterocycles. The summed E-state index contributed by atoms with van der Waals surface area (Å²) in [5, 5.41) is 3.96. The first-order chi connectivity index (χ1) is 23.1. The maximum absolute atomic E-state index is 16.0. The topological polar surface area (TPSA) is 244 Å². The summed E-state index contributed by atoms with van der Waals surface area (Å²) in [7, 11) is -3.68. The number of alkyl halides is 1. The van der Waals surface area contributed by atoms with Gasteiger partial charge < -0.3 is 37.4 Å². The summed E-state index contributed by atoms with van der Waals surface area (Å²) in [5.74, 6) is -0.926. The quantitative estimate of drug-likeness (QED) is 0.204. The molecule has 19 nitrogen and oxygen atoms in total. The number of phosphoric ester groups is 1. The summed E-state index contributed by atoms with van der Waals surface area (Å²) in [5.41, 5.74) is -3.01. The minimum atomic E-state index is -4.94. The molecule has 0 aliphatic carbocycles. The third-order valence-corrected chi connectivity index (χ3v) is 8.95. The molecule has 270 valence electrons. The van der Waals surface area contributed by atoms with E-state index in [1.807, 2.05) is 0 Å². The van der Waals surface area contributed by atoms with Gasteiger partial charge in [0.25, 0.3) is 18.9 Å². The van der Waals surface area contributed by atoms with Gasteiger partial charge in [-0.05, 0) is 27.7 Å². The molecule has 0 saturated carbocycles. The lowest BCUT2D eigenvalue weighted by Gasteiger charge is -2.31. The second kappa shape index (κ2) is 15.1. The fourth-order valence-electron chi connectivity index (χ4n) is 5.68. The molecule has 2 aliphatic heterocycles. The maximum atomic E-state index is 16.0. The number of nitrogens with zero attached hydrogens (tertiary/aromatic N) is 4. The van der Waals surface area contributed by atoms with E-state index in [2.05, 4.69) is 20.1 Å². The molecule has 21 heteroatoms. The number of halogens is 1. The zero-order valence-corrected chi connectivity index (χ0v) is 28.0. The predicted octanol–water partition coefficient (Wildman–Crippen LogP) is -0.277. The average molecular weight is 716 g/mol. The molecule has 0 bridgehead atoms. The molecule has 0 spiro atoms. The van der Waals surface area contributed by atoms with Crippen LogP contribution in [0.2, 0.25) is 0 Å². The highest BCUT2D eigenvalue weighted by Crippen LogP contribution is 2.47. The highest BCUT2D eigenvalue weighted by atomic mass is 31.2. The van der Waals surface area contributed by atoms with E-state index < -0.39 is 85.4 Å². The number of aromatic amines is 2. The highest BCUT2D eigenvalue weighted by molar-refractivity contribution is 7.45. The van der Waals surface area contributed by atoms with E-state index in [1.54, 1.807) is 13.8 Å². The summed E-state index contributed by atoms with van der Waals surface area (Å²) in [4.78, 5) is 69.5. The molecule has 5 heterocycles. The van der Waals surface area contributed by atoms with Crippen LogP contribution in [0.25, 0.3) is 0 Å². The molecule has 2 aliphatic rings. The Morgan fingerprint density at radius 2 is 1.55 bits per heavy atom. The SMILES string of the molecule is CO[C@@H]1[C@H](OP(=O)([O-])OC(C)C)[C@@H](Cc2noc(C[C@H]3[C@@H](F)[C@H](n4ccc(=O)[nH]c4=O)O[C@@H]3COC(C)C)n2)O[C@H]1n1ccc(=O)[nH]c1=O. The monoisotopic (exact) mass is 715 g/mol. The van der Waals surface area contributed by atoms with Crippen molar-refractivity contribution in [3.05, 3.63) is 77.9 Å². The van der Waals surface area contributed by atoms with Crippen molar-refractivity contribution in [2.24, 2.45) is 5.92 Å². The summed E-state index contributed by atoms with van der Waals surface area (Å²) in [6.45, 7) is 6.54. The van der Waals surface area contributed by atoms with Crippen LogP contribution in [0.3, 0.4) is 0 Å². The van der Waals surface area contributed by atoms with Crippen LogP contribution in [0.15, 0.2) is 48.2 Å². The standard InChI is InChI=1S/C28H38FN6O13P/c1-13(2)43-12-17-15(22(29)25(45-17)34-8-6-19(36)31-27(34)38)10-21-30-18(33-46-21)11-16-23(48-49(40,41)47-14(3)4)24(42-5)26(44-16)35-9-7-20(37)32-28(35)39/h6-9,13-17,22-26H,10-12H2,1-5H3,(H,40,41)(H,31,36,38)(H,32,37,39)/p-1/t15-,16-,17-,22-,23-,24-,25-,26-/m1/s1. The fourth-order valence-corrected chi connectivity index (χ4v) is 6.80. The number of hydrogen-bond donors (Lipinski definition) is 2.